The molecule has 0 N–H and O–H groups in total. The maximum Gasteiger partial charge on any atom is 0.342 e. The van der Waals surface area contributed by atoms with Gasteiger partial charge in [0.2, 0.25) is 5.82 Å². The Morgan fingerprint density at radius 3 is 2.80 bits per heavy atom. The molecule has 0 saturated carbocycles. The largest absolute Gasteiger partial charge is 0.358 e. The summed E-state index contributed by atoms with van der Waals surface area (Å²) in [5, 5.41) is 12.4. The monoisotopic (exact) mass is 288 g/mol. The Labute approximate surface area is 118 Å². The Morgan fingerprint density at radius 1 is 1.30 bits per heavy atom. The summed E-state index contributed by atoms with van der Waals surface area (Å²) >= 11 is 5.92. The summed E-state index contributed by atoms with van der Waals surface area (Å²) in [5.74, 6) is 0.381. The molecule has 6 nitrogen and oxygen atoms in total. The van der Waals surface area contributed by atoms with Crippen molar-refractivity contribution in [1.29, 1.82) is 0 Å². The minimum atomic E-state index is -0.475. The second-order valence-electron chi connectivity index (χ2n) is 4.29. The predicted octanol–water partition coefficient (Wildman–Crippen LogP) is 3.20. The lowest BCUT2D eigenvalue weighted by atomic mass is 10.2. The molecule has 0 aliphatic rings. The fourth-order valence-corrected chi connectivity index (χ4v) is 2.21. The van der Waals surface area contributed by atoms with Crippen molar-refractivity contribution in [2.24, 2.45) is 7.05 Å². The van der Waals surface area contributed by atoms with Crippen LogP contribution in [0.5, 0.6) is 0 Å². The van der Waals surface area contributed by atoms with Crippen LogP contribution in [0.1, 0.15) is 0 Å². The molecule has 7 heteroatoms. The molecule has 0 amide bonds. The summed E-state index contributed by atoms with van der Waals surface area (Å²) in [6.07, 6.45) is 1.23. The molecule has 0 radical (unpaired) electrons. The third-order valence-corrected chi connectivity index (χ3v) is 3.27. The van der Waals surface area contributed by atoms with Gasteiger partial charge in [-0.25, -0.2) is 14.5 Å². The lowest BCUT2D eigenvalue weighted by Gasteiger charge is -2.01. The summed E-state index contributed by atoms with van der Waals surface area (Å²) in [6.45, 7) is 0. The highest BCUT2D eigenvalue weighted by molar-refractivity contribution is 6.31. The molecule has 3 aromatic rings. The van der Waals surface area contributed by atoms with E-state index in [1.54, 1.807) is 25.2 Å². The number of pyridine rings is 1. The quantitative estimate of drug-likeness (QED) is 0.536. The second kappa shape index (κ2) is 4.57. The van der Waals surface area contributed by atoms with Crippen LogP contribution in [-0.4, -0.2) is 19.5 Å². The van der Waals surface area contributed by atoms with Crippen molar-refractivity contribution in [1.82, 2.24) is 14.5 Å². The number of imidazole rings is 1. The van der Waals surface area contributed by atoms with E-state index in [1.165, 1.54) is 10.8 Å². The van der Waals surface area contributed by atoms with Gasteiger partial charge in [-0.2, -0.15) is 0 Å². The minimum Gasteiger partial charge on any atom is -0.358 e. The molecule has 2 aromatic heterocycles. The zero-order valence-corrected chi connectivity index (χ0v) is 11.2. The maximum absolute atomic E-state index is 10.8. The van der Waals surface area contributed by atoms with E-state index in [9.17, 15) is 10.1 Å². The molecule has 0 unspecified atom stereocenters. The molecule has 20 heavy (non-hydrogen) atoms. The Bertz CT molecular complexity index is 828. The fourth-order valence-electron chi connectivity index (χ4n) is 2.03. The van der Waals surface area contributed by atoms with Gasteiger partial charge in [-0.3, -0.25) is 0 Å². The van der Waals surface area contributed by atoms with Crippen LogP contribution in [-0.2, 0) is 7.05 Å². The maximum atomic E-state index is 10.8. The Morgan fingerprint density at radius 2 is 2.10 bits per heavy atom. The highest BCUT2D eigenvalue weighted by Gasteiger charge is 2.19. The van der Waals surface area contributed by atoms with E-state index in [1.807, 2.05) is 12.1 Å². The zero-order valence-electron chi connectivity index (χ0n) is 10.4. The van der Waals surface area contributed by atoms with Crippen LogP contribution >= 0.6 is 11.6 Å². The van der Waals surface area contributed by atoms with E-state index < -0.39 is 4.92 Å². The summed E-state index contributed by atoms with van der Waals surface area (Å²) < 4.78 is 1.41. The first kappa shape index (κ1) is 12.6. The first-order valence-electron chi connectivity index (χ1n) is 5.79. The van der Waals surface area contributed by atoms with Gasteiger partial charge in [0.25, 0.3) is 0 Å². The van der Waals surface area contributed by atoms with Crippen LogP contribution in [0.15, 0.2) is 36.5 Å². The summed E-state index contributed by atoms with van der Waals surface area (Å²) in [6, 6.07) is 9.00. The van der Waals surface area contributed by atoms with E-state index >= 15 is 0 Å². The van der Waals surface area contributed by atoms with Gasteiger partial charge in [-0.15, -0.1) is 0 Å². The van der Waals surface area contributed by atoms with E-state index in [-0.39, 0.29) is 5.82 Å². The normalized spacial score (nSPS) is 10.9. The van der Waals surface area contributed by atoms with Crippen molar-refractivity contribution < 1.29 is 4.92 Å². The Hall–Kier alpha value is -2.47. The van der Waals surface area contributed by atoms with Crippen molar-refractivity contribution >= 4 is 28.3 Å². The SMILES string of the molecule is Cn1c([N+](=O)[O-])cnc1-c1ccc2cc(Cl)ccc2n1. The molecular weight excluding hydrogens is 280 g/mol. The van der Waals surface area contributed by atoms with Gasteiger partial charge >= 0.3 is 5.82 Å². The molecule has 3 rings (SSSR count). The van der Waals surface area contributed by atoms with Crippen molar-refractivity contribution in [2.75, 3.05) is 0 Å². The van der Waals surface area contributed by atoms with Gasteiger partial charge in [0, 0.05) is 10.4 Å². The van der Waals surface area contributed by atoms with E-state index in [2.05, 4.69) is 9.97 Å². The molecule has 0 bridgehead atoms. The number of nitrogens with zero attached hydrogens (tertiary/aromatic N) is 4. The number of rotatable bonds is 2. The lowest BCUT2D eigenvalue weighted by molar-refractivity contribution is -0.391. The topological polar surface area (TPSA) is 73.8 Å². The van der Waals surface area contributed by atoms with Gasteiger partial charge < -0.3 is 10.1 Å². The van der Waals surface area contributed by atoms with Crippen molar-refractivity contribution in [3.05, 3.63) is 51.7 Å². The fraction of sp³-hybridized carbons (Fsp3) is 0.0769. The van der Waals surface area contributed by atoms with Crippen LogP contribution in [0, 0.1) is 10.1 Å². The van der Waals surface area contributed by atoms with Crippen molar-refractivity contribution in [3.8, 4) is 11.5 Å². The first-order chi connectivity index (χ1) is 9.56. The molecule has 0 spiro atoms. The molecule has 0 fully saturated rings. The molecule has 0 atom stereocenters. The summed E-state index contributed by atoms with van der Waals surface area (Å²) in [7, 11) is 1.59. The highest BCUT2D eigenvalue weighted by atomic mass is 35.5. The average Bonchev–Trinajstić information content (AvgIpc) is 2.80. The summed E-state index contributed by atoms with van der Waals surface area (Å²) in [4.78, 5) is 18.9. The van der Waals surface area contributed by atoms with Crippen molar-refractivity contribution in [2.45, 2.75) is 0 Å². The molecule has 1 aromatic carbocycles. The molecule has 0 aliphatic heterocycles. The highest BCUT2D eigenvalue weighted by Crippen LogP contribution is 2.24. The number of fused-ring (bicyclic) bond motifs is 1. The number of hydrogen-bond donors (Lipinski definition) is 0. The third-order valence-electron chi connectivity index (χ3n) is 3.03. The number of aromatic nitrogens is 3. The van der Waals surface area contributed by atoms with Crippen LogP contribution in [0.25, 0.3) is 22.4 Å². The summed E-state index contributed by atoms with van der Waals surface area (Å²) in [5.41, 5.74) is 1.34. The first-order valence-corrected chi connectivity index (χ1v) is 6.17. The standard InChI is InChI=1S/C13H9ClN4O2/c1-17-12(18(19)20)7-15-13(17)11-4-2-8-6-9(14)3-5-10(8)16-11/h2-7H,1H3. The number of nitro groups is 1. The van der Waals surface area contributed by atoms with Gasteiger partial charge in [0.05, 0.1) is 12.6 Å². The van der Waals surface area contributed by atoms with Gasteiger partial charge in [0.1, 0.15) is 11.9 Å². The van der Waals surface area contributed by atoms with Gasteiger partial charge in [-0.05, 0) is 29.2 Å². The van der Waals surface area contributed by atoms with E-state index in [0.717, 1.165) is 10.9 Å². The van der Waals surface area contributed by atoms with Gasteiger partial charge in [0.15, 0.2) is 0 Å². The van der Waals surface area contributed by atoms with E-state index in [4.69, 9.17) is 11.6 Å². The smallest absolute Gasteiger partial charge is 0.342 e. The van der Waals surface area contributed by atoms with Crippen LogP contribution in [0.2, 0.25) is 5.02 Å². The Balaban J connectivity index is 2.15. The van der Waals surface area contributed by atoms with Crippen LogP contribution in [0.3, 0.4) is 0 Å². The number of halogens is 1. The lowest BCUT2D eigenvalue weighted by Crippen LogP contribution is -1.99. The van der Waals surface area contributed by atoms with Gasteiger partial charge in [-0.1, -0.05) is 17.7 Å². The molecule has 0 aliphatic carbocycles. The molecule has 100 valence electrons. The Kier molecular flexibility index (Phi) is 2.87. The molecule has 2 heterocycles. The predicted molar refractivity (Wildman–Crippen MR) is 75.6 cm³/mol. The number of hydrogen-bond acceptors (Lipinski definition) is 4. The average molecular weight is 289 g/mol. The van der Waals surface area contributed by atoms with E-state index in [0.29, 0.717) is 16.5 Å². The van der Waals surface area contributed by atoms with Crippen LogP contribution < -0.4 is 0 Å². The third kappa shape index (κ3) is 2.00. The second-order valence-corrected chi connectivity index (χ2v) is 4.73. The zero-order chi connectivity index (χ0) is 14.3. The van der Waals surface area contributed by atoms with Crippen LogP contribution in [0.4, 0.5) is 5.82 Å². The minimum absolute atomic E-state index is 0.0713. The van der Waals surface area contributed by atoms with Crippen molar-refractivity contribution in [3.63, 3.8) is 0 Å². The molecular formula is C13H9ClN4O2. The molecule has 0 saturated heterocycles. The number of benzene rings is 1.